The van der Waals surface area contributed by atoms with Crippen molar-refractivity contribution in [1.29, 1.82) is 0 Å². The number of rotatable bonds is 4. The molecule has 2 unspecified atom stereocenters. The second-order valence-electron chi connectivity index (χ2n) is 6.26. The van der Waals surface area contributed by atoms with E-state index in [2.05, 4.69) is 10.2 Å². The predicted molar refractivity (Wildman–Crippen MR) is 70.6 cm³/mol. The second-order valence-corrected chi connectivity index (χ2v) is 6.26. The Bertz CT molecular complexity index is 275. The average Bonchev–Trinajstić information content (AvgIpc) is 3.15. The molecular weight excluding hydrogens is 228 g/mol. The van der Waals surface area contributed by atoms with Crippen LogP contribution in [0.5, 0.6) is 0 Å². The molecular formula is C14H26N2O2. The maximum atomic E-state index is 9.76. The van der Waals surface area contributed by atoms with Crippen molar-refractivity contribution in [2.45, 2.75) is 56.1 Å². The standard InChI is InChI=1S/C14H26N2O2/c17-11-14(15-12-2-3-12)5-4-13(10-14)16-6-1-8-18-9-7-16/h12-13,15,17H,1-11H2. The first-order chi connectivity index (χ1) is 8.81. The number of nitrogens with one attached hydrogen (secondary N) is 1. The van der Waals surface area contributed by atoms with Crippen LogP contribution in [-0.2, 0) is 4.74 Å². The van der Waals surface area contributed by atoms with Gasteiger partial charge in [0, 0.05) is 37.3 Å². The number of aliphatic hydroxyl groups excluding tert-OH is 1. The summed E-state index contributed by atoms with van der Waals surface area (Å²) < 4.78 is 5.53. The Morgan fingerprint density at radius 3 is 2.89 bits per heavy atom. The van der Waals surface area contributed by atoms with Gasteiger partial charge in [0.05, 0.1) is 13.2 Å². The van der Waals surface area contributed by atoms with Gasteiger partial charge in [0.25, 0.3) is 0 Å². The molecule has 3 aliphatic rings. The van der Waals surface area contributed by atoms with Crippen LogP contribution in [-0.4, -0.2) is 60.5 Å². The van der Waals surface area contributed by atoms with Crippen LogP contribution in [0.15, 0.2) is 0 Å². The molecule has 3 fully saturated rings. The molecule has 1 aliphatic heterocycles. The summed E-state index contributed by atoms with van der Waals surface area (Å²) in [5, 5.41) is 13.5. The third-order valence-electron chi connectivity index (χ3n) is 4.75. The molecule has 0 radical (unpaired) electrons. The highest BCUT2D eigenvalue weighted by Gasteiger charge is 2.43. The highest BCUT2D eigenvalue weighted by atomic mass is 16.5. The van der Waals surface area contributed by atoms with Crippen LogP contribution in [0.2, 0.25) is 0 Å². The summed E-state index contributed by atoms with van der Waals surface area (Å²) in [4.78, 5) is 2.58. The Kier molecular flexibility index (Phi) is 3.89. The van der Waals surface area contributed by atoms with Gasteiger partial charge in [-0.15, -0.1) is 0 Å². The van der Waals surface area contributed by atoms with Gasteiger partial charge < -0.3 is 15.2 Å². The van der Waals surface area contributed by atoms with Gasteiger partial charge >= 0.3 is 0 Å². The Hall–Kier alpha value is -0.160. The fourth-order valence-corrected chi connectivity index (χ4v) is 3.52. The van der Waals surface area contributed by atoms with Crippen LogP contribution >= 0.6 is 0 Å². The number of aliphatic hydroxyl groups is 1. The fraction of sp³-hybridized carbons (Fsp3) is 1.00. The minimum absolute atomic E-state index is 0.0129. The van der Waals surface area contributed by atoms with Crippen molar-refractivity contribution in [3.63, 3.8) is 0 Å². The molecule has 3 rings (SSSR count). The second kappa shape index (κ2) is 5.45. The fourth-order valence-electron chi connectivity index (χ4n) is 3.52. The minimum Gasteiger partial charge on any atom is -0.394 e. The number of nitrogens with zero attached hydrogens (tertiary/aromatic N) is 1. The molecule has 2 N–H and O–H groups in total. The van der Waals surface area contributed by atoms with E-state index in [9.17, 15) is 5.11 Å². The van der Waals surface area contributed by atoms with E-state index in [1.54, 1.807) is 0 Å². The summed E-state index contributed by atoms with van der Waals surface area (Å²) in [7, 11) is 0. The zero-order valence-corrected chi connectivity index (χ0v) is 11.2. The van der Waals surface area contributed by atoms with Crippen molar-refractivity contribution in [3.05, 3.63) is 0 Å². The van der Waals surface area contributed by atoms with Gasteiger partial charge in [0.15, 0.2) is 0 Å². The van der Waals surface area contributed by atoms with Gasteiger partial charge in [-0.1, -0.05) is 0 Å². The lowest BCUT2D eigenvalue weighted by Gasteiger charge is -2.32. The molecule has 2 aliphatic carbocycles. The summed E-state index contributed by atoms with van der Waals surface area (Å²) in [6.45, 7) is 4.31. The quantitative estimate of drug-likeness (QED) is 0.777. The van der Waals surface area contributed by atoms with E-state index in [0.717, 1.165) is 45.6 Å². The van der Waals surface area contributed by atoms with Crippen molar-refractivity contribution in [3.8, 4) is 0 Å². The molecule has 0 amide bonds. The van der Waals surface area contributed by atoms with Crippen molar-refractivity contribution in [1.82, 2.24) is 10.2 Å². The minimum atomic E-state index is 0.0129. The maximum Gasteiger partial charge on any atom is 0.0614 e. The number of hydrogen-bond acceptors (Lipinski definition) is 4. The number of hydrogen-bond donors (Lipinski definition) is 2. The normalized spacial score (nSPS) is 38.8. The summed E-state index contributed by atoms with van der Waals surface area (Å²) in [5.74, 6) is 0. The van der Waals surface area contributed by atoms with E-state index in [0.29, 0.717) is 18.7 Å². The van der Waals surface area contributed by atoms with Gasteiger partial charge in [0.1, 0.15) is 0 Å². The maximum absolute atomic E-state index is 9.76. The van der Waals surface area contributed by atoms with E-state index in [4.69, 9.17) is 4.74 Å². The summed E-state index contributed by atoms with van der Waals surface area (Å²) in [6, 6.07) is 1.33. The predicted octanol–water partition coefficient (Wildman–Crippen LogP) is 0.744. The molecule has 0 aromatic rings. The molecule has 0 aromatic carbocycles. The molecule has 104 valence electrons. The highest BCUT2D eigenvalue weighted by molar-refractivity contribution is 5.03. The Balaban J connectivity index is 1.58. The van der Waals surface area contributed by atoms with E-state index in [1.807, 2.05) is 0 Å². The third-order valence-corrected chi connectivity index (χ3v) is 4.75. The zero-order chi connectivity index (χ0) is 12.4. The smallest absolute Gasteiger partial charge is 0.0614 e. The van der Waals surface area contributed by atoms with Crippen LogP contribution in [0.1, 0.15) is 38.5 Å². The van der Waals surface area contributed by atoms with Crippen molar-refractivity contribution in [2.75, 3.05) is 32.9 Å². The van der Waals surface area contributed by atoms with E-state index in [1.165, 1.54) is 19.3 Å². The lowest BCUT2D eigenvalue weighted by Crippen LogP contribution is -2.49. The van der Waals surface area contributed by atoms with Gasteiger partial charge in [-0.25, -0.2) is 0 Å². The van der Waals surface area contributed by atoms with Gasteiger partial charge in [-0.3, -0.25) is 4.90 Å². The van der Waals surface area contributed by atoms with Crippen molar-refractivity contribution in [2.24, 2.45) is 0 Å². The molecule has 0 bridgehead atoms. The molecule has 2 atom stereocenters. The van der Waals surface area contributed by atoms with Crippen molar-refractivity contribution >= 4 is 0 Å². The zero-order valence-electron chi connectivity index (χ0n) is 11.2. The monoisotopic (exact) mass is 254 g/mol. The van der Waals surface area contributed by atoms with Crippen LogP contribution in [0.4, 0.5) is 0 Å². The average molecular weight is 254 g/mol. The SMILES string of the molecule is OCC1(NC2CC2)CCC(N2CCCOCC2)C1. The van der Waals surface area contributed by atoms with E-state index >= 15 is 0 Å². The van der Waals surface area contributed by atoms with Gasteiger partial charge in [-0.2, -0.15) is 0 Å². The molecule has 1 saturated heterocycles. The summed E-state index contributed by atoms with van der Waals surface area (Å²) in [6.07, 6.45) is 7.20. The first-order valence-electron chi connectivity index (χ1n) is 7.52. The highest BCUT2D eigenvalue weighted by Crippen LogP contribution is 2.36. The Morgan fingerprint density at radius 2 is 2.11 bits per heavy atom. The first-order valence-corrected chi connectivity index (χ1v) is 7.52. The van der Waals surface area contributed by atoms with Crippen LogP contribution < -0.4 is 5.32 Å². The van der Waals surface area contributed by atoms with Crippen LogP contribution in [0, 0.1) is 0 Å². The van der Waals surface area contributed by atoms with Crippen LogP contribution in [0.3, 0.4) is 0 Å². The number of ether oxygens (including phenoxy) is 1. The molecule has 1 heterocycles. The van der Waals surface area contributed by atoms with Crippen molar-refractivity contribution < 1.29 is 9.84 Å². The summed E-state index contributed by atoms with van der Waals surface area (Å²) >= 11 is 0. The molecule has 0 aromatic heterocycles. The van der Waals surface area contributed by atoms with Crippen LogP contribution in [0.25, 0.3) is 0 Å². The topological polar surface area (TPSA) is 44.7 Å². The van der Waals surface area contributed by atoms with Gasteiger partial charge in [-0.05, 0) is 38.5 Å². The summed E-state index contributed by atoms with van der Waals surface area (Å²) in [5.41, 5.74) is 0.0129. The molecule has 18 heavy (non-hydrogen) atoms. The molecule has 4 heteroatoms. The molecule has 2 saturated carbocycles. The molecule has 4 nitrogen and oxygen atoms in total. The third kappa shape index (κ3) is 2.87. The Labute approximate surface area is 110 Å². The lowest BCUT2D eigenvalue weighted by atomic mass is 9.98. The van der Waals surface area contributed by atoms with E-state index in [-0.39, 0.29) is 5.54 Å². The Morgan fingerprint density at radius 1 is 1.22 bits per heavy atom. The lowest BCUT2D eigenvalue weighted by molar-refractivity contribution is 0.122. The molecule has 0 spiro atoms. The first kappa shape index (κ1) is 12.9. The largest absolute Gasteiger partial charge is 0.394 e. The van der Waals surface area contributed by atoms with Gasteiger partial charge in [0.2, 0.25) is 0 Å². The van der Waals surface area contributed by atoms with E-state index < -0.39 is 0 Å².